The molecule has 0 aliphatic rings. The maximum Gasteiger partial charge on any atom is 0.345 e. The number of ether oxygens (including phenoxy) is 1. The Kier molecular flexibility index (Phi) is 3.83. The lowest BCUT2D eigenvalue weighted by Gasteiger charge is -2.07. The molecule has 98 valence electrons. The summed E-state index contributed by atoms with van der Waals surface area (Å²) in [6.45, 7) is 0. The monoisotopic (exact) mass is 280 g/mol. The van der Waals surface area contributed by atoms with Gasteiger partial charge in [0.15, 0.2) is 6.10 Å². The quantitative estimate of drug-likeness (QED) is 0.395. The van der Waals surface area contributed by atoms with Crippen molar-refractivity contribution in [1.29, 1.82) is 0 Å². The zero-order valence-corrected chi connectivity index (χ0v) is 10.2. The van der Waals surface area contributed by atoms with Gasteiger partial charge >= 0.3 is 5.97 Å². The second-order valence-electron chi connectivity index (χ2n) is 3.48. The topological polar surface area (TPSA) is 103 Å². The molecule has 2 rings (SSSR count). The van der Waals surface area contributed by atoms with Crippen molar-refractivity contribution in [2.45, 2.75) is 6.10 Å². The van der Waals surface area contributed by atoms with Gasteiger partial charge in [-0.3, -0.25) is 15.1 Å². The van der Waals surface area contributed by atoms with E-state index >= 15 is 0 Å². The van der Waals surface area contributed by atoms with Crippen LogP contribution >= 0.6 is 11.3 Å². The molecule has 0 amide bonds. The number of carbonyl (C=O) groups excluding carboxylic acids is 1. The Morgan fingerprint density at radius 1 is 1.42 bits per heavy atom. The highest BCUT2D eigenvalue weighted by Gasteiger charge is 2.21. The number of rotatable bonds is 4. The van der Waals surface area contributed by atoms with E-state index < -0.39 is 17.0 Å². The van der Waals surface area contributed by atoms with Crippen LogP contribution in [0.3, 0.4) is 0 Å². The first-order valence-electron chi connectivity index (χ1n) is 5.10. The Labute approximate surface area is 111 Å². The van der Waals surface area contributed by atoms with Gasteiger partial charge in [0.25, 0.3) is 5.69 Å². The molecule has 8 heteroatoms. The second kappa shape index (κ2) is 5.55. The molecule has 0 saturated heterocycles. The van der Waals surface area contributed by atoms with Crippen LogP contribution in [0.2, 0.25) is 0 Å². The van der Waals surface area contributed by atoms with E-state index in [-0.39, 0.29) is 11.4 Å². The average Bonchev–Trinajstić information content (AvgIpc) is 2.92. The third kappa shape index (κ3) is 3.12. The summed E-state index contributed by atoms with van der Waals surface area (Å²) in [5, 5.41) is 20.1. The predicted molar refractivity (Wildman–Crippen MR) is 65.8 cm³/mol. The number of aliphatic hydroxyl groups excluding tert-OH is 1. The molecule has 0 saturated carbocycles. The van der Waals surface area contributed by atoms with Crippen molar-refractivity contribution in [3.8, 4) is 5.75 Å². The molecule has 1 heterocycles. The van der Waals surface area contributed by atoms with E-state index in [1.165, 1.54) is 36.0 Å². The number of thiazole rings is 1. The molecule has 19 heavy (non-hydrogen) atoms. The summed E-state index contributed by atoms with van der Waals surface area (Å²) in [7, 11) is 0. The van der Waals surface area contributed by atoms with Crippen LogP contribution in [0, 0.1) is 10.1 Å². The molecule has 0 spiro atoms. The van der Waals surface area contributed by atoms with Gasteiger partial charge in [0, 0.05) is 18.3 Å². The highest BCUT2D eigenvalue weighted by atomic mass is 32.1. The lowest BCUT2D eigenvalue weighted by Crippen LogP contribution is -2.17. The van der Waals surface area contributed by atoms with Crippen LogP contribution in [0.15, 0.2) is 36.0 Å². The number of hydrogen-bond acceptors (Lipinski definition) is 7. The van der Waals surface area contributed by atoms with Gasteiger partial charge in [0.05, 0.1) is 15.3 Å². The number of carbonyl (C=O) groups is 1. The molecule has 0 aliphatic carbocycles. The molecule has 0 bridgehead atoms. The van der Waals surface area contributed by atoms with E-state index in [4.69, 9.17) is 4.74 Å². The van der Waals surface area contributed by atoms with E-state index in [9.17, 15) is 20.0 Å². The molecule has 1 N–H and O–H groups in total. The first kappa shape index (κ1) is 13.1. The van der Waals surface area contributed by atoms with Crippen LogP contribution in [0.5, 0.6) is 5.75 Å². The van der Waals surface area contributed by atoms with Gasteiger partial charge in [-0.25, -0.2) is 4.79 Å². The molecule has 1 aromatic carbocycles. The van der Waals surface area contributed by atoms with Crippen LogP contribution in [0.4, 0.5) is 5.69 Å². The number of nitro groups is 1. The van der Waals surface area contributed by atoms with Gasteiger partial charge in [-0.1, -0.05) is 0 Å². The van der Waals surface area contributed by atoms with Crippen molar-refractivity contribution >= 4 is 23.0 Å². The van der Waals surface area contributed by atoms with Crippen LogP contribution < -0.4 is 4.74 Å². The van der Waals surface area contributed by atoms with Gasteiger partial charge in [-0.15, -0.1) is 11.3 Å². The fourth-order valence-electron chi connectivity index (χ4n) is 1.28. The standard InChI is InChI=1S/C11H8N2O5S/c14-10(9-5-12-6-19-9)11(15)18-8-3-1-7(2-4-8)13(16)17/h1-6,10,14H. The summed E-state index contributed by atoms with van der Waals surface area (Å²) in [4.78, 5) is 25.6. The van der Waals surface area contributed by atoms with Gasteiger partial charge in [-0.05, 0) is 12.1 Å². The Morgan fingerprint density at radius 3 is 2.63 bits per heavy atom. The van der Waals surface area contributed by atoms with Crippen molar-refractivity contribution in [2.75, 3.05) is 0 Å². The number of aliphatic hydroxyl groups is 1. The van der Waals surface area contributed by atoms with Gasteiger partial charge in [0.1, 0.15) is 5.75 Å². The van der Waals surface area contributed by atoms with Crippen molar-refractivity contribution in [2.24, 2.45) is 0 Å². The summed E-state index contributed by atoms with van der Waals surface area (Å²) in [6, 6.07) is 4.99. The predicted octanol–water partition coefficient (Wildman–Crippen LogP) is 1.69. The molecule has 1 aromatic heterocycles. The average molecular weight is 280 g/mol. The minimum absolute atomic E-state index is 0.109. The first-order chi connectivity index (χ1) is 9.08. The third-order valence-electron chi connectivity index (χ3n) is 2.21. The number of nitro benzene ring substituents is 1. The molecule has 2 aromatic rings. The highest BCUT2D eigenvalue weighted by molar-refractivity contribution is 7.09. The number of hydrogen-bond donors (Lipinski definition) is 1. The van der Waals surface area contributed by atoms with Crippen LogP contribution in [-0.4, -0.2) is 21.0 Å². The van der Waals surface area contributed by atoms with Gasteiger partial charge in [0.2, 0.25) is 0 Å². The smallest absolute Gasteiger partial charge is 0.345 e. The number of benzene rings is 1. The summed E-state index contributed by atoms with van der Waals surface area (Å²) in [5.41, 5.74) is 1.38. The van der Waals surface area contributed by atoms with E-state index in [1.807, 2.05) is 0 Å². The second-order valence-corrected chi connectivity index (χ2v) is 4.40. The first-order valence-corrected chi connectivity index (χ1v) is 5.98. The van der Waals surface area contributed by atoms with E-state index in [0.29, 0.717) is 4.88 Å². The maximum absolute atomic E-state index is 11.6. The Bertz CT molecular complexity index is 582. The zero-order valence-electron chi connectivity index (χ0n) is 9.42. The molecule has 0 fully saturated rings. The van der Waals surface area contributed by atoms with Crippen molar-refractivity contribution in [1.82, 2.24) is 4.98 Å². The lowest BCUT2D eigenvalue weighted by atomic mass is 10.3. The fraction of sp³-hybridized carbons (Fsp3) is 0.0909. The maximum atomic E-state index is 11.6. The highest BCUT2D eigenvalue weighted by Crippen LogP contribution is 2.22. The number of nitrogens with zero attached hydrogens (tertiary/aromatic N) is 2. The van der Waals surface area contributed by atoms with Crippen LogP contribution in [0.1, 0.15) is 11.0 Å². The third-order valence-corrected chi connectivity index (χ3v) is 3.04. The molecule has 0 aliphatic heterocycles. The molecule has 1 atom stereocenters. The number of non-ortho nitro benzene ring substituents is 1. The van der Waals surface area contributed by atoms with Crippen LogP contribution in [0.25, 0.3) is 0 Å². The fourth-order valence-corrected chi connectivity index (χ4v) is 1.87. The zero-order chi connectivity index (χ0) is 13.8. The molecule has 0 radical (unpaired) electrons. The largest absolute Gasteiger partial charge is 0.424 e. The Hall–Kier alpha value is -2.32. The molecular formula is C11H8N2O5S. The number of esters is 1. The van der Waals surface area contributed by atoms with Crippen LogP contribution in [-0.2, 0) is 4.79 Å². The minimum Gasteiger partial charge on any atom is -0.424 e. The van der Waals surface area contributed by atoms with Crippen molar-refractivity contribution < 1.29 is 19.6 Å². The minimum atomic E-state index is -1.41. The number of aromatic nitrogens is 1. The Balaban J connectivity index is 2.04. The summed E-state index contributed by atoms with van der Waals surface area (Å²) in [5.74, 6) is -0.739. The summed E-state index contributed by atoms with van der Waals surface area (Å²) < 4.78 is 4.90. The molecular weight excluding hydrogens is 272 g/mol. The summed E-state index contributed by atoms with van der Waals surface area (Å²) in [6.07, 6.45) is -0.0467. The van der Waals surface area contributed by atoms with Gasteiger partial charge in [-0.2, -0.15) is 0 Å². The van der Waals surface area contributed by atoms with E-state index in [0.717, 1.165) is 11.3 Å². The Morgan fingerprint density at radius 2 is 2.11 bits per heavy atom. The summed E-state index contributed by atoms with van der Waals surface area (Å²) >= 11 is 1.13. The van der Waals surface area contributed by atoms with E-state index in [2.05, 4.69) is 4.98 Å². The van der Waals surface area contributed by atoms with Crippen molar-refractivity contribution in [3.05, 3.63) is 51.0 Å². The van der Waals surface area contributed by atoms with Gasteiger partial charge < -0.3 is 9.84 Å². The molecule has 7 nitrogen and oxygen atoms in total. The van der Waals surface area contributed by atoms with Crippen molar-refractivity contribution in [3.63, 3.8) is 0 Å². The normalized spacial score (nSPS) is 11.8. The van der Waals surface area contributed by atoms with E-state index in [1.54, 1.807) is 0 Å². The molecule has 1 unspecified atom stereocenters. The lowest BCUT2D eigenvalue weighted by molar-refractivity contribution is -0.384. The SMILES string of the molecule is O=C(Oc1ccc([N+](=O)[O-])cc1)C(O)c1cncs1.